The number of rotatable bonds is 9. The van der Waals surface area contributed by atoms with Crippen molar-refractivity contribution in [1.29, 1.82) is 0 Å². The maximum atomic E-state index is 13.3. The number of hydrogen-bond donors (Lipinski definition) is 0. The van der Waals surface area contributed by atoms with Gasteiger partial charge in [-0.2, -0.15) is 13.2 Å². The van der Waals surface area contributed by atoms with Gasteiger partial charge in [0, 0.05) is 20.1 Å². The van der Waals surface area contributed by atoms with Crippen LogP contribution in [0.1, 0.15) is 70.9 Å². The van der Waals surface area contributed by atoms with Crippen LogP contribution in [0.2, 0.25) is 0 Å². The maximum Gasteiger partial charge on any atom is 0.412 e. The van der Waals surface area contributed by atoms with Crippen LogP contribution >= 0.6 is 0 Å². The van der Waals surface area contributed by atoms with Crippen LogP contribution in [0.4, 0.5) is 18.0 Å². The number of nitrogens with zero attached hydrogens (tertiary/aromatic N) is 1. The third-order valence-electron chi connectivity index (χ3n) is 6.36. The average Bonchev–Trinajstić information content (AvgIpc) is 2.84. The minimum absolute atomic E-state index is 0.104. The molecule has 0 saturated carbocycles. The summed E-state index contributed by atoms with van der Waals surface area (Å²) in [6.45, 7) is 8.61. The van der Waals surface area contributed by atoms with E-state index in [4.69, 9.17) is 18.9 Å². The summed E-state index contributed by atoms with van der Waals surface area (Å²) in [5, 5.41) is 0. The first-order valence-corrected chi connectivity index (χ1v) is 13.1. The Kier molecular flexibility index (Phi) is 11.9. The minimum Gasteiger partial charge on any atom is -0.458 e. The third kappa shape index (κ3) is 10.8. The molecule has 0 radical (unpaired) electrons. The van der Waals surface area contributed by atoms with Gasteiger partial charge in [0.2, 0.25) is 0 Å². The number of alkyl halides is 3. The fraction of sp³-hybridized carbons (Fsp3) is 0.714. The van der Waals surface area contributed by atoms with Gasteiger partial charge in [0.25, 0.3) is 0 Å². The van der Waals surface area contributed by atoms with Gasteiger partial charge in [0.05, 0.1) is 6.10 Å². The van der Waals surface area contributed by atoms with Crippen LogP contribution < -0.4 is 0 Å². The summed E-state index contributed by atoms with van der Waals surface area (Å²) in [5.41, 5.74) is 1.41. The molecule has 1 amide bonds. The number of hydrogen-bond acceptors (Lipinski definition) is 6. The Bertz CT molecular complexity index is 884. The third-order valence-corrected chi connectivity index (χ3v) is 6.36. The summed E-state index contributed by atoms with van der Waals surface area (Å²) in [6.07, 6.45) is -5.30. The van der Waals surface area contributed by atoms with Crippen LogP contribution in [-0.2, 0) is 30.2 Å². The minimum atomic E-state index is -4.26. The second-order valence-corrected chi connectivity index (χ2v) is 11.0. The Labute approximate surface area is 223 Å². The van der Waals surface area contributed by atoms with Crippen LogP contribution in [0.25, 0.3) is 0 Å². The topological polar surface area (TPSA) is 74.3 Å². The van der Waals surface area contributed by atoms with E-state index in [9.17, 15) is 22.8 Å². The first-order chi connectivity index (χ1) is 17.7. The Morgan fingerprint density at radius 3 is 2.37 bits per heavy atom. The van der Waals surface area contributed by atoms with E-state index >= 15 is 0 Å². The number of halogens is 3. The van der Waals surface area contributed by atoms with Crippen molar-refractivity contribution in [3.05, 3.63) is 35.4 Å². The Morgan fingerprint density at radius 1 is 1.13 bits per heavy atom. The molecule has 1 heterocycles. The molecule has 7 nitrogen and oxygen atoms in total. The molecule has 0 aromatic heterocycles. The number of ether oxygens (including phenoxy) is 4. The van der Waals surface area contributed by atoms with Crippen molar-refractivity contribution in [2.75, 3.05) is 20.4 Å². The van der Waals surface area contributed by atoms with Gasteiger partial charge < -0.3 is 18.9 Å². The van der Waals surface area contributed by atoms with E-state index in [1.54, 1.807) is 27.7 Å². The summed E-state index contributed by atoms with van der Waals surface area (Å²) in [6, 6.07) is 7.12. The number of aryl methyl sites for hydroxylation is 1. The zero-order valence-corrected chi connectivity index (χ0v) is 23.3. The summed E-state index contributed by atoms with van der Waals surface area (Å²) in [4.78, 5) is 27.4. The highest BCUT2D eigenvalue weighted by molar-refractivity contribution is 5.81. The van der Waals surface area contributed by atoms with Gasteiger partial charge in [-0.05, 0) is 71.8 Å². The molecule has 1 aromatic carbocycles. The smallest absolute Gasteiger partial charge is 0.412 e. The van der Waals surface area contributed by atoms with Crippen molar-refractivity contribution < 1.29 is 41.7 Å². The highest BCUT2D eigenvalue weighted by Gasteiger charge is 2.39. The van der Waals surface area contributed by atoms with Crippen LogP contribution in [0.3, 0.4) is 0 Å². The van der Waals surface area contributed by atoms with Crippen LogP contribution in [0.5, 0.6) is 0 Å². The molecule has 1 saturated heterocycles. The van der Waals surface area contributed by atoms with Crippen molar-refractivity contribution in [2.45, 2.75) is 103 Å². The molecule has 10 heteroatoms. The van der Waals surface area contributed by atoms with E-state index < -0.39 is 48.5 Å². The van der Waals surface area contributed by atoms with Gasteiger partial charge in [-0.25, -0.2) is 9.59 Å². The van der Waals surface area contributed by atoms with Gasteiger partial charge in [0.15, 0.2) is 0 Å². The van der Waals surface area contributed by atoms with Crippen molar-refractivity contribution in [2.24, 2.45) is 5.92 Å². The Hall–Kier alpha value is -2.33. The number of esters is 1. The second-order valence-electron chi connectivity index (χ2n) is 11.0. The lowest BCUT2D eigenvalue weighted by atomic mass is 9.86. The molecule has 216 valence electrons. The van der Waals surface area contributed by atoms with Crippen LogP contribution in [0, 0.1) is 12.8 Å². The lowest BCUT2D eigenvalue weighted by molar-refractivity contribution is -0.167. The standard InChI is InChI=1S/C28H42F3NO6/c1-19-11-13-21(14-12-19)17-22-9-7-10-23(32(18-35-6)26(34)38-27(3,4)5)25(33)37-20(2)24(22)36-16-8-15-28(29,30)31/h11-14,20,22-24H,7-10,15-18H2,1-6H3/t20-,22+,23-,24-/m0/s1. The zero-order valence-electron chi connectivity index (χ0n) is 23.3. The summed E-state index contributed by atoms with van der Waals surface area (Å²) in [5.74, 6) is -0.733. The predicted molar refractivity (Wildman–Crippen MR) is 137 cm³/mol. The molecule has 2 rings (SSSR count). The Morgan fingerprint density at radius 2 is 1.79 bits per heavy atom. The lowest BCUT2D eigenvalue weighted by Gasteiger charge is -2.33. The highest BCUT2D eigenvalue weighted by atomic mass is 19.4. The first kappa shape index (κ1) is 31.9. The van der Waals surface area contributed by atoms with Crippen molar-refractivity contribution in [1.82, 2.24) is 4.90 Å². The van der Waals surface area contributed by atoms with E-state index in [-0.39, 0.29) is 25.7 Å². The molecule has 38 heavy (non-hydrogen) atoms. The number of methoxy groups -OCH3 is 1. The molecular formula is C28H42F3NO6. The second kappa shape index (κ2) is 14.2. The van der Waals surface area contributed by atoms with Crippen molar-refractivity contribution >= 4 is 12.1 Å². The normalized spacial score (nSPS) is 23.1. The van der Waals surface area contributed by atoms with E-state index in [0.717, 1.165) is 11.1 Å². The molecule has 1 fully saturated rings. The summed E-state index contributed by atoms with van der Waals surface area (Å²) in [7, 11) is 1.42. The number of carbonyl (C=O) groups excluding carboxylic acids is 2. The summed E-state index contributed by atoms with van der Waals surface area (Å²) >= 11 is 0. The average molecular weight is 546 g/mol. The molecule has 0 N–H and O–H groups in total. The molecule has 4 atom stereocenters. The fourth-order valence-electron chi connectivity index (χ4n) is 4.59. The first-order valence-electron chi connectivity index (χ1n) is 13.1. The number of benzene rings is 1. The van der Waals surface area contributed by atoms with Gasteiger partial charge in [-0.15, -0.1) is 0 Å². The summed E-state index contributed by atoms with van der Waals surface area (Å²) < 4.78 is 60.5. The van der Waals surface area contributed by atoms with E-state index in [1.165, 1.54) is 12.0 Å². The maximum absolute atomic E-state index is 13.3. The van der Waals surface area contributed by atoms with E-state index in [2.05, 4.69) is 0 Å². The van der Waals surface area contributed by atoms with Crippen molar-refractivity contribution in [3.8, 4) is 0 Å². The Balaban J connectivity index is 2.27. The van der Waals surface area contributed by atoms with E-state index in [1.807, 2.05) is 31.2 Å². The number of amides is 1. The van der Waals surface area contributed by atoms with Gasteiger partial charge in [-0.1, -0.05) is 36.2 Å². The van der Waals surface area contributed by atoms with Crippen LogP contribution in [-0.4, -0.2) is 67.4 Å². The molecule has 0 aliphatic carbocycles. The van der Waals surface area contributed by atoms with Gasteiger partial charge >= 0.3 is 18.2 Å². The number of carbonyl (C=O) groups is 2. The zero-order chi connectivity index (χ0) is 28.5. The molecular weight excluding hydrogens is 503 g/mol. The van der Waals surface area contributed by atoms with Gasteiger partial charge in [-0.3, -0.25) is 4.90 Å². The SMILES string of the molecule is COCN(C(=O)OC(C)(C)C)[C@H]1CCC[C@H](Cc2ccc(C)cc2)[C@@H](OCCCC(F)(F)F)[C@H](C)OC1=O. The predicted octanol–water partition coefficient (Wildman–Crippen LogP) is 6.21. The van der Waals surface area contributed by atoms with E-state index in [0.29, 0.717) is 25.7 Å². The lowest BCUT2D eigenvalue weighted by Crippen LogP contribution is -2.49. The molecule has 0 spiro atoms. The fourth-order valence-corrected chi connectivity index (χ4v) is 4.59. The number of cyclic esters (lactones) is 1. The molecule has 0 unspecified atom stereocenters. The highest BCUT2D eigenvalue weighted by Crippen LogP contribution is 2.30. The van der Waals surface area contributed by atoms with Gasteiger partial charge in [0.1, 0.15) is 24.5 Å². The molecule has 1 aliphatic heterocycles. The van der Waals surface area contributed by atoms with Crippen LogP contribution in [0.15, 0.2) is 24.3 Å². The monoisotopic (exact) mass is 545 g/mol. The largest absolute Gasteiger partial charge is 0.458 e. The quantitative estimate of drug-likeness (QED) is 0.209. The molecule has 1 aliphatic rings. The van der Waals surface area contributed by atoms with Crippen molar-refractivity contribution in [3.63, 3.8) is 0 Å². The molecule has 0 bridgehead atoms. The molecule has 1 aromatic rings.